The minimum atomic E-state index is -0.655. The first kappa shape index (κ1) is 36.1. The van der Waals surface area contributed by atoms with Crippen molar-refractivity contribution in [3.8, 4) is 0 Å². The molecule has 3 saturated carbocycles. The van der Waals surface area contributed by atoms with Crippen LogP contribution in [0.1, 0.15) is 137 Å². The molecule has 0 aromatic heterocycles. The van der Waals surface area contributed by atoms with E-state index in [1.807, 2.05) is 0 Å². The summed E-state index contributed by atoms with van der Waals surface area (Å²) in [5, 5.41) is 21.9. The summed E-state index contributed by atoms with van der Waals surface area (Å²) >= 11 is 0. The lowest BCUT2D eigenvalue weighted by atomic mass is 9.47. The Hall–Kier alpha value is -1.15. The molecule has 264 valence electrons. The fraction of sp³-hybridized carbons (Fsp3) is 0.923. The Bertz CT molecular complexity index is 1020. The fourth-order valence-corrected chi connectivity index (χ4v) is 10.9. The van der Waals surface area contributed by atoms with Gasteiger partial charge in [0.2, 0.25) is 0 Å². The van der Waals surface area contributed by atoms with Crippen molar-refractivity contribution in [2.75, 3.05) is 19.8 Å². The predicted molar refractivity (Wildman–Crippen MR) is 182 cm³/mol. The standard InChI is InChI=1S/C39H67NO6/c1-26(2)11-10-12-27(3)31-15-16-32-30-14-13-28-23-29(17-19-38(28,4)33(30)18-20-39(31,32)5)45-37(43)40-21-8-6-7-9-22-44-36-24-34(42)35(25-41)46-36/h13,26-27,29-36,41-42H,6-12,14-25H2,1-5H3,(H,40,43)/t27-,29+,30?,31-,32+,33+,34?,35-,36+,38+,39-/m1/s1. The van der Waals surface area contributed by atoms with Crippen molar-refractivity contribution in [2.45, 2.75) is 162 Å². The highest BCUT2D eigenvalue weighted by molar-refractivity contribution is 5.67. The molecule has 0 radical (unpaired) electrons. The second-order valence-electron chi connectivity index (χ2n) is 16.9. The van der Waals surface area contributed by atoms with Crippen LogP contribution >= 0.6 is 0 Å². The van der Waals surface area contributed by atoms with Gasteiger partial charge in [0.05, 0.1) is 12.7 Å². The van der Waals surface area contributed by atoms with Crippen molar-refractivity contribution < 1.29 is 29.2 Å². The average Bonchev–Trinajstić information content (AvgIpc) is 3.56. The molecule has 7 nitrogen and oxygen atoms in total. The van der Waals surface area contributed by atoms with Crippen molar-refractivity contribution in [3.63, 3.8) is 0 Å². The minimum Gasteiger partial charge on any atom is -0.446 e. The van der Waals surface area contributed by atoms with Crippen LogP contribution in [0.15, 0.2) is 11.6 Å². The van der Waals surface area contributed by atoms with Crippen molar-refractivity contribution >= 4 is 6.09 Å². The summed E-state index contributed by atoms with van der Waals surface area (Å²) in [4.78, 5) is 12.7. The van der Waals surface area contributed by atoms with E-state index in [4.69, 9.17) is 19.3 Å². The number of rotatable bonds is 15. The molecule has 7 heteroatoms. The first-order valence-electron chi connectivity index (χ1n) is 19.2. The Morgan fingerprint density at radius 3 is 2.59 bits per heavy atom. The van der Waals surface area contributed by atoms with E-state index in [0.717, 1.165) is 80.5 Å². The minimum absolute atomic E-state index is 0.00816. The number of unbranched alkanes of at least 4 members (excludes halogenated alkanes) is 3. The molecule has 5 rings (SSSR count). The van der Waals surface area contributed by atoms with E-state index in [2.05, 4.69) is 46.0 Å². The number of hydrogen-bond donors (Lipinski definition) is 3. The van der Waals surface area contributed by atoms with Gasteiger partial charge in [-0.1, -0.05) is 78.4 Å². The van der Waals surface area contributed by atoms with Gasteiger partial charge in [0.1, 0.15) is 12.2 Å². The molecule has 5 aliphatic rings. The molecule has 4 aliphatic carbocycles. The summed E-state index contributed by atoms with van der Waals surface area (Å²) in [5.41, 5.74) is 2.37. The number of alkyl carbamates (subject to hydrolysis) is 1. The number of nitrogens with one attached hydrogen (secondary N) is 1. The third-order valence-electron chi connectivity index (χ3n) is 13.5. The van der Waals surface area contributed by atoms with Crippen LogP contribution in [0.2, 0.25) is 0 Å². The molecule has 1 saturated heterocycles. The summed E-state index contributed by atoms with van der Waals surface area (Å²) in [6.45, 7) is 13.5. The van der Waals surface area contributed by atoms with Crippen LogP contribution in [-0.4, -0.2) is 60.7 Å². The highest BCUT2D eigenvalue weighted by Gasteiger charge is 2.59. The Morgan fingerprint density at radius 1 is 1.02 bits per heavy atom. The van der Waals surface area contributed by atoms with Gasteiger partial charge in [-0.05, 0) is 104 Å². The van der Waals surface area contributed by atoms with Gasteiger partial charge in [-0.15, -0.1) is 0 Å². The summed E-state index contributed by atoms with van der Waals surface area (Å²) in [7, 11) is 0. The van der Waals surface area contributed by atoms with E-state index in [1.54, 1.807) is 5.57 Å². The number of allylic oxidation sites excluding steroid dienone is 1. The number of amides is 1. The fourth-order valence-electron chi connectivity index (χ4n) is 10.9. The van der Waals surface area contributed by atoms with Gasteiger partial charge in [0, 0.05) is 26.0 Å². The highest BCUT2D eigenvalue weighted by Crippen LogP contribution is 2.67. The van der Waals surface area contributed by atoms with Crippen LogP contribution < -0.4 is 5.32 Å². The van der Waals surface area contributed by atoms with Gasteiger partial charge < -0.3 is 29.7 Å². The summed E-state index contributed by atoms with van der Waals surface area (Å²) < 4.78 is 17.1. The molecule has 0 aromatic rings. The summed E-state index contributed by atoms with van der Waals surface area (Å²) in [6, 6.07) is 0. The van der Waals surface area contributed by atoms with Crippen molar-refractivity contribution in [1.82, 2.24) is 5.32 Å². The zero-order valence-electron chi connectivity index (χ0n) is 29.8. The first-order valence-corrected chi connectivity index (χ1v) is 19.2. The molecule has 0 bridgehead atoms. The van der Waals surface area contributed by atoms with Crippen molar-refractivity contribution in [3.05, 3.63) is 11.6 Å². The van der Waals surface area contributed by atoms with E-state index in [0.29, 0.717) is 25.0 Å². The van der Waals surface area contributed by atoms with E-state index >= 15 is 0 Å². The monoisotopic (exact) mass is 645 g/mol. The van der Waals surface area contributed by atoms with Crippen LogP contribution in [0.5, 0.6) is 0 Å². The molecule has 11 atom stereocenters. The smallest absolute Gasteiger partial charge is 0.407 e. The lowest BCUT2D eigenvalue weighted by Crippen LogP contribution is -2.51. The van der Waals surface area contributed by atoms with Crippen LogP contribution in [-0.2, 0) is 14.2 Å². The van der Waals surface area contributed by atoms with Gasteiger partial charge in [-0.3, -0.25) is 0 Å². The molecule has 1 heterocycles. The van der Waals surface area contributed by atoms with Gasteiger partial charge in [0.15, 0.2) is 6.29 Å². The number of carbonyl (C=O) groups is 1. The molecule has 1 aliphatic heterocycles. The maximum absolute atomic E-state index is 12.7. The van der Waals surface area contributed by atoms with Gasteiger partial charge in [0.25, 0.3) is 0 Å². The quantitative estimate of drug-likeness (QED) is 0.123. The van der Waals surface area contributed by atoms with E-state index in [1.165, 1.54) is 51.4 Å². The number of aliphatic hydroxyl groups excluding tert-OH is 2. The normalized spacial score (nSPS) is 39.3. The average molecular weight is 646 g/mol. The van der Waals surface area contributed by atoms with Crippen LogP contribution in [0.4, 0.5) is 4.79 Å². The van der Waals surface area contributed by atoms with Crippen LogP contribution in [0.25, 0.3) is 0 Å². The van der Waals surface area contributed by atoms with Gasteiger partial charge >= 0.3 is 6.09 Å². The Kier molecular flexibility index (Phi) is 12.6. The van der Waals surface area contributed by atoms with Crippen molar-refractivity contribution in [1.29, 1.82) is 0 Å². The molecule has 0 spiro atoms. The first-order chi connectivity index (χ1) is 22.0. The van der Waals surface area contributed by atoms with E-state index in [-0.39, 0.29) is 24.2 Å². The summed E-state index contributed by atoms with van der Waals surface area (Å²) in [6.07, 6.45) is 19.0. The lowest BCUT2D eigenvalue weighted by molar-refractivity contribution is -0.143. The lowest BCUT2D eigenvalue weighted by Gasteiger charge is -2.58. The number of aliphatic hydroxyl groups is 2. The molecule has 4 fully saturated rings. The largest absolute Gasteiger partial charge is 0.446 e. The molecular formula is C39H67NO6. The van der Waals surface area contributed by atoms with Gasteiger partial charge in [-0.25, -0.2) is 4.79 Å². The highest BCUT2D eigenvalue weighted by atomic mass is 16.7. The zero-order chi connectivity index (χ0) is 32.9. The summed E-state index contributed by atoms with van der Waals surface area (Å²) in [5.74, 6) is 5.06. The third kappa shape index (κ3) is 8.17. The SMILES string of the molecule is CC(C)CCC[C@@H](C)[C@H]1CC[C@H]2C3CC=C4C[C@@H](OC(=O)NCCCCCCO[C@@H]5CC(O)[C@@H](CO)O5)CC[C@]4(C)[C@H]3CC[C@]12C. The number of ether oxygens (including phenoxy) is 3. The van der Waals surface area contributed by atoms with Gasteiger partial charge in [-0.2, -0.15) is 0 Å². The number of fused-ring (bicyclic) bond motifs is 5. The number of hydrogen-bond acceptors (Lipinski definition) is 6. The zero-order valence-corrected chi connectivity index (χ0v) is 29.8. The third-order valence-corrected chi connectivity index (χ3v) is 13.5. The maximum atomic E-state index is 12.7. The predicted octanol–water partition coefficient (Wildman–Crippen LogP) is 8.17. The Balaban J connectivity index is 1.01. The van der Waals surface area contributed by atoms with Crippen molar-refractivity contribution in [2.24, 2.45) is 46.3 Å². The maximum Gasteiger partial charge on any atom is 0.407 e. The molecule has 0 aromatic carbocycles. The Morgan fingerprint density at radius 2 is 1.83 bits per heavy atom. The molecular weight excluding hydrogens is 578 g/mol. The second kappa shape index (κ2) is 16.0. The van der Waals surface area contributed by atoms with Crippen LogP contribution in [0.3, 0.4) is 0 Å². The molecule has 1 amide bonds. The molecule has 2 unspecified atom stereocenters. The second-order valence-corrected chi connectivity index (χ2v) is 16.9. The Labute approximate surface area is 280 Å². The van der Waals surface area contributed by atoms with Crippen LogP contribution in [0, 0.1) is 46.3 Å². The number of carbonyl (C=O) groups excluding carboxylic acids is 1. The molecule has 46 heavy (non-hydrogen) atoms. The van der Waals surface area contributed by atoms with E-state index in [9.17, 15) is 9.90 Å². The van der Waals surface area contributed by atoms with E-state index < -0.39 is 18.5 Å². The topological polar surface area (TPSA) is 97.3 Å². The molecule has 3 N–H and O–H groups in total.